The van der Waals surface area contributed by atoms with E-state index in [9.17, 15) is 0 Å². The van der Waals surface area contributed by atoms with Crippen molar-refractivity contribution in [2.45, 2.75) is 12.3 Å². The van der Waals surface area contributed by atoms with Gasteiger partial charge in [-0.1, -0.05) is 103 Å². The Morgan fingerprint density at radius 1 is 0.462 bits per heavy atom. The van der Waals surface area contributed by atoms with Gasteiger partial charge in [-0.2, -0.15) is 0 Å². The number of rotatable bonds is 2. The van der Waals surface area contributed by atoms with E-state index < -0.39 is 0 Å². The highest BCUT2D eigenvalue weighted by Gasteiger charge is 2.30. The predicted molar refractivity (Wildman–Crippen MR) is 162 cm³/mol. The van der Waals surface area contributed by atoms with Gasteiger partial charge >= 0.3 is 0 Å². The Kier molecular flexibility index (Phi) is 4.23. The van der Waals surface area contributed by atoms with Crippen molar-refractivity contribution in [2.24, 2.45) is 0 Å². The molecule has 0 unspecified atom stereocenters. The molecule has 0 atom stereocenters. The summed E-state index contributed by atoms with van der Waals surface area (Å²) in [6.45, 7) is 0. The molecule has 0 aliphatic heterocycles. The second-order valence-electron chi connectivity index (χ2n) is 10.9. The van der Waals surface area contributed by atoms with E-state index in [-0.39, 0.29) is 5.92 Å². The molecule has 9 rings (SSSR count). The number of hydrogen-bond acceptors (Lipinski definition) is 0. The molecule has 2 aliphatic carbocycles. The summed E-state index contributed by atoms with van der Waals surface area (Å²) >= 11 is 0. The highest BCUT2D eigenvalue weighted by atomic mass is 15.0. The molecule has 1 heterocycles. The van der Waals surface area contributed by atoms with Crippen molar-refractivity contribution < 1.29 is 0 Å². The highest BCUT2D eigenvalue weighted by molar-refractivity contribution is 6.09. The van der Waals surface area contributed by atoms with Gasteiger partial charge < -0.3 is 4.57 Å². The van der Waals surface area contributed by atoms with Crippen LogP contribution < -0.4 is 0 Å². The fourth-order valence-electron chi connectivity index (χ4n) is 7.21. The Labute approximate surface area is 227 Å². The minimum absolute atomic E-state index is 0.271. The van der Waals surface area contributed by atoms with Crippen molar-refractivity contribution in [3.8, 4) is 27.9 Å². The zero-order valence-corrected chi connectivity index (χ0v) is 21.4. The number of aromatic nitrogens is 1. The Morgan fingerprint density at radius 3 is 1.67 bits per heavy atom. The van der Waals surface area contributed by atoms with Crippen LogP contribution in [0.1, 0.15) is 33.7 Å². The first-order valence-electron chi connectivity index (χ1n) is 13.8. The molecule has 1 nitrogen and oxygen atoms in total. The average molecular weight is 496 g/mol. The van der Waals surface area contributed by atoms with E-state index in [0.717, 1.165) is 6.42 Å². The average Bonchev–Trinajstić information content (AvgIpc) is 3.64. The standard InChI is InChI=1S/C38H25N/c1-3-13-32-28(9-1)29-10-2-4-14-33(29)38(32)26-18-17-24-21-25-19-20-27(23-35(25)34(24)22-26)39-36-15-7-5-11-30(36)31-12-6-8-16-37(31)39/h1-20,22-23,38H,21H2. The molecule has 7 aromatic rings. The molecule has 0 saturated carbocycles. The van der Waals surface area contributed by atoms with Crippen LogP contribution in [0.15, 0.2) is 133 Å². The van der Waals surface area contributed by atoms with Crippen LogP contribution in [0.4, 0.5) is 0 Å². The van der Waals surface area contributed by atoms with Crippen molar-refractivity contribution in [3.05, 3.63) is 161 Å². The van der Waals surface area contributed by atoms with Gasteiger partial charge in [0.25, 0.3) is 0 Å². The topological polar surface area (TPSA) is 4.93 Å². The molecular formula is C38H25N. The van der Waals surface area contributed by atoms with E-state index in [1.165, 1.54) is 77.6 Å². The van der Waals surface area contributed by atoms with Gasteiger partial charge in [0.2, 0.25) is 0 Å². The molecule has 1 aromatic heterocycles. The second kappa shape index (κ2) is 7.82. The summed E-state index contributed by atoms with van der Waals surface area (Å²) in [6.07, 6.45) is 0.996. The molecule has 0 amide bonds. The molecule has 0 spiro atoms. The van der Waals surface area contributed by atoms with Crippen LogP contribution in [0.3, 0.4) is 0 Å². The number of nitrogens with zero attached hydrogens (tertiary/aromatic N) is 1. The fourth-order valence-corrected chi connectivity index (χ4v) is 7.21. The van der Waals surface area contributed by atoms with Crippen LogP contribution in [0.5, 0.6) is 0 Å². The maximum Gasteiger partial charge on any atom is 0.0541 e. The molecule has 0 saturated heterocycles. The van der Waals surface area contributed by atoms with E-state index >= 15 is 0 Å². The van der Waals surface area contributed by atoms with Gasteiger partial charge in [0.15, 0.2) is 0 Å². The molecule has 0 radical (unpaired) electrons. The summed E-state index contributed by atoms with van der Waals surface area (Å²) < 4.78 is 2.43. The van der Waals surface area contributed by atoms with Crippen LogP contribution >= 0.6 is 0 Å². The minimum atomic E-state index is 0.271. The first kappa shape index (κ1) is 21.1. The fraction of sp³-hybridized carbons (Fsp3) is 0.0526. The summed E-state index contributed by atoms with van der Waals surface area (Å²) in [7, 11) is 0. The lowest BCUT2D eigenvalue weighted by Gasteiger charge is -2.16. The minimum Gasteiger partial charge on any atom is -0.309 e. The first-order valence-corrected chi connectivity index (χ1v) is 13.8. The number of benzene rings is 6. The van der Waals surface area contributed by atoms with Gasteiger partial charge in [0, 0.05) is 22.4 Å². The lowest BCUT2D eigenvalue weighted by molar-refractivity contribution is 1.01. The van der Waals surface area contributed by atoms with Crippen molar-refractivity contribution in [1.82, 2.24) is 4.57 Å². The van der Waals surface area contributed by atoms with Crippen LogP contribution in [-0.4, -0.2) is 4.57 Å². The smallest absolute Gasteiger partial charge is 0.0541 e. The third-order valence-electron chi connectivity index (χ3n) is 8.90. The maximum atomic E-state index is 2.47. The quantitative estimate of drug-likeness (QED) is 0.225. The normalized spacial score (nSPS) is 13.4. The molecule has 182 valence electrons. The van der Waals surface area contributed by atoms with Gasteiger partial charge in [-0.25, -0.2) is 0 Å². The lowest BCUT2D eigenvalue weighted by Crippen LogP contribution is -2.00. The number of para-hydroxylation sites is 2. The zero-order chi connectivity index (χ0) is 25.5. The van der Waals surface area contributed by atoms with Crippen LogP contribution in [0.2, 0.25) is 0 Å². The zero-order valence-electron chi connectivity index (χ0n) is 21.4. The summed E-state index contributed by atoms with van der Waals surface area (Å²) in [5.74, 6) is 0.271. The lowest BCUT2D eigenvalue weighted by atomic mass is 9.87. The number of hydrogen-bond donors (Lipinski definition) is 0. The van der Waals surface area contributed by atoms with Gasteiger partial charge in [0.05, 0.1) is 11.0 Å². The van der Waals surface area contributed by atoms with Gasteiger partial charge in [0.1, 0.15) is 0 Å². The Balaban J connectivity index is 1.23. The third-order valence-corrected chi connectivity index (χ3v) is 8.90. The SMILES string of the molecule is c1ccc2c(c1)-c1ccccc1C2c1ccc2c(c1)-c1cc(-n3c4ccccc4c4ccccc43)ccc1C2. The van der Waals surface area contributed by atoms with E-state index in [4.69, 9.17) is 0 Å². The van der Waals surface area contributed by atoms with Gasteiger partial charge in [-0.3, -0.25) is 0 Å². The second-order valence-corrected chi connectivity index (χ2v) is 10.9. The summed E-state index contributed by atoms with van der Waals surface area (Å²) in [5, 5.41) is 2.60. The molecule has 0 N–H and O–H groups in total. The van der Waals surface area contributed by atoms with E-state index in [1.54, 1.807) is 0 Å². The van der Waals surface area contributed by atoms with E-state index in [2.05, 4.69) is 138 Å². The largest absolute Gasteiger partial charge is 0.309 e. The van der Waals surface area contributed by atoms with Crippen molar-refractivity contribution in [1.29, 1.82) is 0 Å². The predicted octanol–water partition coefficient (Wildman–Crippen LogP) is 9.52. The summed E-state index contributed by atoms with van der Waals surface area (Å²) in [5.41, 5.74) is 16.3. The van der Waals surface area contributed by atoms with Gasteiger partial charge in [-0.15, -0.1) is 0 Å². The monoisotopic (exact) mass is 495 g/mol. The molecule has 39 heavy (non-hydrogen) atoms. The molecule has 2 aliphatic rings. The molecular weight excluding hydrogens is 470 g/mol. The molecule has 0 fully saturated rings. The molecule has 0 bridgehead atoms. The summed E-state index contributed by atoms with van der Waals surface area (Å²) in [4.78, 5) is 0. The van der Waals surface area contributed by atoms with Crippen molar-refractivity contribution >= 4 is 21.8 Å². The Morgan fingerprint density at radius 2 is 1.00 bits per heavy atom. The van der Waals surface area contributed by atoms with Gasteiger partial charge in [-0.05, 0) is 86.8 Å². The first-order chi connectivity index (χ1) is 19.3. The van der Waals surface area contributed by atoms with Crippen LogP contribution in [-0.2, 0) is 6.42 Å². The Hall–Kier alpha value is -4.88. The van der Waals surface area contributed by atoms with E-state index in [0.29, 0.717) is 0 Å². The molecule has 6 aromatic carbocycles. The third kappa shape index (κ3) is 2.90. The Bertz CT molecular complexity index is 2010. The molecule has 1 heteroatoms. The summed E-state index contributed by atoms with van der Waals surface area (Å²) in [6, 6.07) is 49.6. The number of fused-ring (bicyclic) bond motifs is 9. The maximum absolute atomic E-state index is 2.47. The highest BCUT2D eigenvalue weighted by Crippen LogP contribution is 2.49. The van der Waals surface area contributed by atoms with Crippen molar-refractivity contribution in [3.63, 3.8) is 0 Å². The van der Waals surface area contributed by atoms with E-state index in [1.807, 2.05) is 0 Å². The van der Waals surface area contributed by atoms with Crippen LogP contribution in [0, 0.1) is 0 Å². The van der Waals surface area contributed by atoms with Crippen LogP contribution in [0.25, 0.3) is 49.7 Å². The van der Waals surface area contributed by atoms with Crippen molar-refractivity contribution in [2.75, 3.05) is 0 Å².